The van der Waals surface area contributed by atoms with Crippen LogP contribution in [0.5, 0.6) is 17.2 Å². The molecule has 8 heteroatoms. The summed E-state index contributed by atoms with van der Waals surface area (Å²) >= 11 is 6.23. The molecule has 0 spiro atoms. The number of halogens is 1. The molecule has 1 aliphatic rings. The standard InChI is InChI=1S/C20H23ClO7/c1-2-26-12-4-6-13(7-5-12)27-15-9-11(3-8-14(15)21)20-19(25)18(24)17(23)16(10-22)28-20/h3-9,16-20,22-25H,2,10H2,1H3/t16-,17-,18+,19-,20-/m1/s1. The molecule has 0 aromatic heterocycles. The Labute approximate surface area is 167 Å². The lowest BCUT2D eigenvalue weighted by Crippen LogP contribution is -2.55. The third-order valence-electron chi connectivity index (χ3n) is 4.54. The van der Waals surface area contributed by atoms with E-state index in [1.54, 1.807) is 42.5 Å². The van der Waals surface area contributed by atoms with Crippen molar-refractivity contribution < 1.29 is 34.6 Å². The molecule has 1 fully saturated rings. The van der Waals surface area contributed by atoms with E-state index in [-0.39, 0.29) is 0 Å². The maximum absolute atomic E-state index is 10.3. The van der Waals surface area contributed by atoms with E-state index >= 15 is 0 Å². The van der Waals surface area contributed by atoms with E-state index < -0.39 is 37.1 Å². The molecular weight excluding hydrogens is 388 g/mol. The van der Waals surface area contributed by atoms with Crippen molar-refractivity contribution in [2.75, 3.05) is 13.2 Å². The number of ether oxygens (including phenoxy) is 3. The van der Waals surface area contributed by atoms with Gasteiger partial charge in [0.2, 0.25) is 0 Å². The normalized spacial score (nSPS) is 27.4. The minimum atomic E-state index is -1.46. The number of benzene rings is 2. The van der Waals surface area contributed by atoms with E-state index in [9.17, 15) is 20.4 Å². The Morgan fingerprint density at radius 3 is 2.29 bits per heavy atom. The maximum atomic E-state index is 10.3. The van der Waals surface area contributed by atoms with Gasteiger partial charge in [0, 0.05) is 0 Å². The second kappa shape index (κ2) is 9.09. The lowest BCUT2D eigenvalue weighted by atomic mass is 9.91. The highest BCUT2D eigenvalue weighted by molar-refractivity contribution is 6.32. The predicted molar refractivity (Wildman–Crippen MR) is 102 cm³/mol. The van der Waals surface area contributed by atoms with Gasteiger partial charge in [-0.15, -0.1) is 0 Å². The van der Waals surface area contributed by atoms with Crippen molar-refractivity contribution in [1.29, 1.82) is 0 Å². The number of rotatable bonds is 6. The first kappa shape index (κ1) is 20.9. The van der Waals surface area contributed by atoms with Crippen molar-refractivity contribution >= 4 is 11.6 Å². The third-order valence-corrected chi connectivity index (χ3v) is 4.85. The topological polar surface area (TPSA) is 109 Å². The van der Waals surface area contributed by atoms with E-state index in [0.29, 0.717) is 28.7 Å². The van der Waals surface area contributed by atoms with Gasteiger partial charge in [0.15, 0.2) is 0 Å². The smallest absolute Gasteiger partial charge is 0.146 e. The molecule has 2 aromatic rings. The first-order chi connectivity index (χ1) is 13.4. The van der Waals surface area contributed by atoms with E-state index in [1.807, 2.05) is 6.92 Å². The minimum Gasteiger partial charge on any atom is -0.494 e. The Kier molecular flexibility index (Phi) is 6.77. The van der Waals surface area contributed by atoms with Gasteiger partial charge in [-0.2, -0.15) is 0 Å². The summed E-state index contributed by atoms with van der Waals surface area (Å²) in [6.45, 7) is 1.96. The van der Waals surface area contributed by atoms with E-state index in [0.717, 1.165) is 5.75 Å². The number of aliphatic hydroxyl groups excluding tert-OH is 4. The average Bonchev–Trinajstić information content (AvgIpc) is 2.70. The van der Waals surface area contributed by atoms with Gasteiger partial charge in [0.05, 0.1) is 18.2 Å². The second-order valence-corrected chi connectivity index (χ2v) is 6.85. The zero-order valence-corrected chi connectivity index (χ0v) is 16.0. The predicted octanol–water partition coefficient (Wildman–Crippen LogP) is 2.05. The van der Waals surface area contributed by atoms with Crippen LogP contribution in [0.1, 0.15) is 18.6 Å². The number of hydrogen-bond donors (Lipinski definition) is 4. The Bertz CT molecular complexity index is 781. The van der Waals surface area contributed by atoms with Crippen molar-refractivity contribution in [1.82, 2.24) is 0 Å². The lowest BCUT2D eigenvalue weighted by Gasteiger charge is -2.40. The molecule has 0 bridgehead atoms. The van der Waals surface area contributed by atoms with Gasteiger partial charge in [-0.1, -0.05) is 17.7 Å². The highest BCUT2D eigenvalue weighted by Crippen LogP contribution is 2.37. The molecule has 0 saturated carbocycles. The van der Waals surface area contributed by atoms with Crippen LogP contribution in [-0.2, 0) is 4.74 Å². The van der Waals surface area contributed by atoms with Crippen LogP contribution in [0.15, 0.2) is 42.5 Å². The van der Waals surface area contributed by atoms with Gasteiger partial charge < -0.3 is 34.6 Å². The fourth-order valence-corrected chi connectivity index (χ4v) is 3.21. The molecule has 0 radical (unpaired) electrons. The van der Waals surface area contributed by atoms with Gasteiger partial charge in [-0.3, -0.25) is 0 Å². The molecule has 1 heterocycles. The monoisotopic (exact) mass is 410 g/mol. The van der Waals surface area contributed by atoms with Crippen LogP contribution >= 0.6 is 11.6 Å². The first-order valence-electron chi connectivity index (χ1n) is 8.95. The maximum Gasteiger partial charge on any atom is 0.146 e. The molecule has 0 aliphatic carbocycles. The van der Waals surface area contributed by atoms with Crippen molar-refractivity contribution in [2.45, 2.75) is 37.4 Å². The van der Waals surface area contributed by atoms with Crippen molar-refractivity contribution in [3.8, 4) is 17.2 Å². The zero-order valence-electron chi connectivity index (χ0n) is 15.2. The summed E-state index contributed by atoms with van der Waals surface area (Å²) < 4.78 is 16.8. The summed E-state index contributed by atoms with van der Waals surface area (Å²) in [4.78, 5) is 0. The Hall–Kier alpha value is -1.87. The molecule has 28 heavy (non-hydrogen) atoms. The molecule has 0 unspecified atom stereocenters. The zero-order chi connectivity index (χ0) is 20.3. The van der Waals surface area contributed by atoms with Crippen LogP contribution in [0, 0.1) is 0 Å². The Morgan fingerprint density at radius 1 is 0.964 bits per heavy atom. The van der Waals surface area contributed by atoms with Gasteiger partial charge in [-0.05, 0) is 48.9 Å². The van der Waals surface area contributed by atoms with Crippen molar-refractivity contribution in [3.05, 3.63) is 53.1 Å². The van der Waals surface area contributed by atoms with Crippen LogP contribution in [0.3, 0.4) is 0 Å². The van der Waals surface area contributed by atoms with Crippen molar-refractivity contribution in [3.63, 3.8) is 0 Å². The fraction of sp³-hybridized carbons (Fsp3) is 0.400. The largest absolute Gasteiger partial charge is 0.494 e. The van der Waals surface area contributed by atoms with Gasteiger partial charge in [0.25, 0.3) is 0 Å². The lowest BCUT2D eigenvalue weighted by molar-refractivity contribution is -0.231. The molecule has 152 valence electrons. The molecule has 4 N–H and O–H groups in total. The van der Waals surface area contributed by atoms with Crippen LogP contribution in [0.4, 0.5) is 0 Å². The van der Waals surface area contributed by atoms with Gasteiger partial charge >= 0.3 is 0 Å². The highest BCUT2D eigenvalue weighted by atomic mass is 35.5. The third kappa shape index (κ3) is 4.41. The quantitative estimate of drug-likeness (QED) is 0.577. The van der Waals surface area contributed by atoms with Crippen LogP contribution in [0.25, 0.3) is 0 Å². The highest BCUT2D eigenvalue weighted by Gasteiger charge is 2.44. The SMILES string of the molecule is CCOc1ccc(Oc2cc([C@H]3O[C@H](CO)[C@@H](O)[C@H](O)[C@H]3O)ccc2Cl)cc1. The molecule has 1 saturated heterocycles. The first-order valence-corrected chi connectivity index (χ1v) is 9.33. The molecule has 7 nitrogen and oxygen atoms in total. The summed E-state index contributed by atoms with van der Waals surface area (Å²) in [5.74, 6) is 1.59. The van der Waals surface area contributed by atoms with Crippen molar-refractivity contribution in [2.24, 2.45) is 0 Å². The van der Waals surface area contributed by atoms with Crippen LogP contribution in [-0.4, -0.2) is 58.1 Å². The van der Waals surface area contributed by atoms with Gasteiger partial charge in [-0.25, -0.2) is 0 Å². The molecule has 2 aromatic carbocycles. The molecule has 1 aliphatic heterocycles. The Balaban J connectivity index is 1.82. The van der Waals surface area contributed by atoms with Crippen LogP contribution < -0.4 is 9.47 Å². The molecule has 0 amide bonds. The van der Waals surface area contributed by atoms with E-state index in [1.165, 1.54) is 0 Å². The summed E-state index contributed by atoms with van der Waals surface area (Å²) in [6.07, 6.45) is -6.20. The molecule has 3 rings (SSSR count). The Morgan fingerprint density at radius 2 is 1.64 bits per heavy atom. The minimum absolute atomic E-state index is 0.334. The number of hydrogen-bond acceptors (Lipinski definition) is 7. The van der Waals surface area contributed by atoms with Crippen LogP contribution in [0.2, 0.25) is 5.02 Å². The summed E-state index contributed by atoms with van der Waals surface area (Å²) in [5, 5.41) is 39.9. The second-order valence-electron chi connectivity index (χ2n) is 6.45. The average molecular weight is 411 g/mol. The summed E-state index contributed by atoms with van der Waals surface area (Å²) in [6, 6.07) is 11.8. The molecular formula is C20H23ClO7. The fourth-order valence-electron chi connectivity index (χ4n) is 3.05. The molecule has 5 atom stereocenters. The summed E-state index contributed by atoms with van der Waals surface area (Å²) in [7, 11) is 0. The van der Waals surface area contributed by atoms with Gasteiger partial charge in [0.1, 0.15) is 47.8 Å². The van der Waals surface area contributed by atoms with E-state index in [4.69, 9.17) is 25.8 Å². The summed E-state index contributed by atoms with van der Waals surface area (Å²) in [5.41, 5.74) is 0.488. The van der Waals surface area contributed by atoms with E-state index in [2.05, 4.69) is 0 Å². The number of aliphatic hydroxyl groups is 4.